The third-order valence-corrected chi connectivity index (χ3v) is 10.9. The summed E-state index contributed by atoms with van der Waals surface area (Å²) in [4.78, 5) is 10.7. The molecule has 4 nitrogen and oxygen atoms in total. The smallest absolute Gasteiger partial charge is 0.149 e. The van der Waals surface area contributed by atoms with E-state index >= 15 is 0 Å². The molecule has 0 saturated heterocycles. The molecule has 0 amide bonds. The number of hydrogen-bond acceptors (Lipinski definition) is 3. The molecule has 4 heteroatoms. The van der Waals surface area contributed by atoms with Crippen molar-refractivity contribution in [3.8, 4) is 56.3 Å². The van der Waals surface area contributed by atoms with Gasteiger partial charge in [-0.2, -0.15) is 0 Å². The normalized spacial score (nSPS) is 12.4. The molecule has 0 unspecified atom stereocenters. The van der Waals surface area contributed by atoms with Crippen LogP contribution >= 0.6 is 0 Å². The van der Waals surface area contributed by atoms with Gasteiger partial charge in [-0.1, -0.05) is 159 Å². The predicted molar refractivity (Wildman–Crippen MR) is 236 cm³/mol. The lowest BCUT2D eigenvalue weighted by atomic mass is 9.79. The molecule has 56 heavy (non-hydrogen) atoms. The van der Waals surface area contributed by atoms with Crippen LogP contribution in [0.4, 0.5) is 0 Å². The second-order valence-electron chi connectivity index (χ2n) is 18.2. The summed E-state index contributed by atoms with van der Waals surface area (Å²) in [5, 5.41) is 13.5. The van der Waals surface area contributed by atoms with Gasteiger partial charge in [0.1, 0.15) is 11.6 Å². The van der Waals surface area contributed by atoms with Crippen molar-refractivity contribution in [2.24, 2.45) is 0 Å². The first-order valence-electron chi connectivity index (χ1n) is 19.6. The molecular formula is C52H51N3O. The highest BCUT2D eigenvalue weighted by Gasteiger charge is 2.29. The molecule has 0 saturated carbocycles. The van der Waals surface area contributed by atoms with E-state index in [0.29, 0.717) is 5.82 Å². The van der Waals surface area contributed by atoms with Crippen LogP contribution in [-0.2, 0) is 16.2 Å². The molecular weight excluding hydrogens is 683 g/mol. The number of rotatable bonds is 5. The maximum absolute atomic E-state index is 12.3. The number of aromatic nitrogens is 3. The van der Waals surface area contributed by atoms with Crippen molar-refractivity contribution in [1.29, 1.82) is 0 Å². The number of phenolic OH excluding ortho intramolecular Hbond substituents is 1. The third-order valence-electron chi connectivity index (χ3n) is 10.9. The molecule has 1 N–H and O–H groups in total. The van der Waals surface area contributed by atoms with Crippen LogP contribution in [0, 0.1) is 0 Å². The van der Waals surface area contributed by atoms with Crippen LogP contribution in [0.1, 0.15) is 79.0 Å². The van der Waals surface area contributed by atoms with Crippen molar-refractivity contribution >= 4 is 21.9 Å². The quantitative estimate of drug-likeness (QED) is 0.192. The number of para-hydroxylation sites is 3. The van der Waals surface area contributed by atoms with Gasteiger partial charge in [-0.3, -0.25) is 4.57 Å². The standard InChI is InChI=1S/C52H51N3O/c1-50(2,3)37-29-35(28-36(30-37)44-27-26-34-20-13-15-23-43(34)53-44)40-22-17-25-46-47(40)54-49(41-31-38(51(4,5)6)32-42(48(41)56)52(7,8)9)55(46)45-24-16-14-21-39(45)33-18-11-10-12-19-33/h10-32,56H,1-9H3. The lowest BCUT2D eigenvalue weighted by molar-refractivity contribution is 0.446. The van der Waals surface area contributed by atoms with E-state index in [1.807, 2.05) is 12.1 Å². The van der Waals surface area contributed by atoms with Crippen molar-refractivity contribution in [1.82, 2.24) is 14.5 Å². The summed E-state index contributed by atoms with van der Waals surface area (Å²) in [5.74, 6) is 0.966. The molecule has 2 heterocycles. The minimum atomic E-state index is -0.301. The Morgan fingerprint density at radius 3 is 1.86 bits per heavy atom. The Morgan fingerprint density at radius 2 is 1.12 bits per heavy atom. The lowest BCUT2D eigenvalue weighted by Gasteiger charge is -2.27. The zero-order valence-corrected chi connectivity index (χ0v) is 34.1. The summed E-state index contributed by atoms with van der Waals surface area (Å²) in [6.45, 7) is 19.9. The molecule has 280 valence electrons. The van der Waals surface area contributed by atoms with Crippen LogP contribution in [0.3, 0.4) is 0 Å². The second kappa shape index (κ2) is 13.6. The summed E-state index contributed by atoms with van der Waals surface area (Å²) in [7, 11) is 0. The number of hydrogen-bond donors (Lipinski definition) is 1. The van der Waals surface area contributed by atoms with E-state index in [1.165, 1.54) is 5.56 Å². The lowest BCUT2D eigenvalue weighted by Crippen LogP contribution is -2.17. The molecule has 0 aliphatic carbocycles. The number of aromatic hydroxyl groups is 1. The minimum absolute atomic E-state index is 0.114. The van der Waals surface area contributed by atoms with E-state index in [-0.39, 0.29) is 22.0 Å². The van der Waals surface area contributed by atoms with Gasteiger partial charge in [-0.05, 0) is 81.0 Å². The topological polar surface area (TPSA) is 50.9 Å². The fourth-order valence-corrected chi connectivity index (χ4v) is 7.69. The van der Waals surface area contributed by atoms with Crippen LogP contribution in [0.15, 0.2) is 140 Å². The molecule has 2 aromatic heterocycles. The zero-order valence-electron chi connectivity index (χ0n) is 34.1. The molecule has 0 bridgehead atoms. The SMILES string of the molecule is CC(C)(C)c1cc(-c2ccc3ccccc3n2)cc(-c2cccc3c2nc(-c2cc(C(C)(C)C)cc(C(C)(C)C)c2O)n3-c2ccccc2-c2ccccc2)c1. The van der Waals surface area contributed by atoms with Gasteiger partial charge in [0.15, 0.2) is 0 Å². The number of fused-ring (bicyclic) bond motifs is 2. The summed E-state index contributed by atoms with van der Waals surface area (Å²) in [6.07, 6.45) is 0. The highest BCUT2D eigenvalue weighted by atomic mass is 16.3. The highest BCUT2D eigenvalue weighted by molar-refractivity contribution is 5.98. The number of phenols is 1. The van der Waals surface area contributed by atoms with E-state index in [9.17, 15) is 5.11 Å². The van der Waals surface area contributed by atoms with Crippen LogP contribution in [-0.4, -0.2) is 19.6 Å². The van der Waals surface area contributed by atoms with Gasteiger partial charge in [0.2, 0.25) is 0 Å². The maximum atomic E-state index is 12.3. The number of pyridine rings is 1. The van der Waals surface area contributed by atoms with Gasteiger partial charge in [0.05, 0.1) is 33.5 Å². The molecule has 8 aromatic rings. The first kappa shape index (κ1) is 36.9. The van der Waals surface area contributed by atoms with Gasteiger partial charge in [-0.15, -0.1) is 0 Å². The van der Waals surface area contributed by atoms with Gasteiger partial charge in [-0.25, -0.2) is 9.97 Å². The summed E-state index contributed by atoms with van der Waals surface area (Å²) in [6, 6.07) is 49.2. The molecule has 0 radical (unpaired) electrons. The summed E-state index contributed by atoms with van der Waals surface area (Å²) < 4.78 is 2.26. The number of imidazole rings is 1. The zero-order chi connectivity index (χ0) is 39.6. The largest absolute Gasteiger partial charge is 0.507 e. The van der Waals surface area contributed by atoms with Crippen molar-refractivity contribution in [3.05, 3.63) is 156 Å². The molecule has 0 fully saturated rings. The number of nitrogens with zero attached hydrogens (tertiary/aromatic N) is 3. The van der Waals surface area contributed by atoms with Gasteiger partial charge >= 0.3 is 0 Å². The van der Waals surface area contributed by atoms with E-state index in [0.717, 1.165) is 77.8 Å². The Hall–Kier alpha value is -6.00. The van der Waals surface area contributed by atoms with Crippen molar-refractivity contribution in [2.45, 2.75) is 78.6 Å². The summed E-state index contributed by atoms with van der Waals surface area (Å²) in [5.41, 5.74) is 13.5. The van der Waals surface area contributed by atoms with Crippen LogP contribution in [0.25, 0.3) is 72.5 Å². The van der Waals surface area contributed by atoms with Gasteiger partial charge < -0.3 is 5.11 Å². The van der Waals surface area contributed by atoms with Crippen LogP contribution in [0.2, 0.25) is 0 Å². The Labute approximate surface area is 331 Å². The first-order valence-corrected chi connectivity index (χ1v) is 19.6. The Morgan fingerprint density at radius 1 is 0.482 bits per heavy atom. The fraction of sp³-hybridized carbons (Fsp3) is 0.231. The van der Waals surface area contributed by atoms with Gasteiger partial charge in [0, 0.05) is 27.6 Å². The fourth-order valence-electron chi connectivity index (χ4n) is 7.69. The Balaban J connectivity index is 1.46. The summed E-state index contributed by atoms with van der Waals surface area (Å²) >= 11 is 0. The van der Waals surface area contributed by atoms with Crippen molar-refractivity contribution in [2.75, 3.05) is 0 Å². The van der Waals surface area contributed by atoms with E-state index in [1.54, 1.807) is 0 Å². The van der Waals surface area contributed by atoms with E-state index in [4.69, 9.17) is 9.97 Å². The molecule has 6 aromatic carbocycles. The van der Waals surface area contributed by atoms with E-state index in [2.05, 4.69) is 194 Å². The second-order valence-corrected chi connectivity index (χ2v) is 18.2. The molecule has 0 aliphatic rings. The average Bonchev–Trinajstić information content (AvgIpc) is 3.56. The maximum Gasteiger partial charge on any atom is 0.149 e. The monoisotopic (exact) mass is 733 g/mol. The van der Waals surface area contributed by atoms with Gasteiger partial charge in [0.25, 0.3) is 0 Å². The van der Waals surface area contributed by atoms with E-state index < -0.39 is 0 Å². The molecule has 0 atom stereocenters. The number of benzene rings is 6. The Bertz CT molecular complexity index is 2750. The first-order chi connectivity index (χ1) is 26.6. The minimum Gasteiger partial charge on any atom is -0.507 e. The third kappa shape index (κ3) is 6.79. The van der Waals surface area contributed by atoms with Crippen LogP contribution in [0.5, 0.6) is 5.75 Å². The highest BCUT2D eigenvalue weighted by Crippen LogP contribution is 2.45. The van der Waals surface area contributed by atoms with Crippen LogP contribution < -0.4 is 0 Å². The molecule has 8 rings (SSSR count). The average molecular weight is 734 g/mol. The van der Waals surface area contributed by atoms with Crippen molar-refractivity contribution in [3.63, 3.8) is 0 Å². The van der Waals surface area contributed by atoms with Crippen molar-refractivity contribution < 1.29 is 5.11 Å². The molecule has 0 spiro atoms. The Kier molecular flexibility index (Phi) is 9.00. The predicted octanol–water partition coefficient (Wildman–Crippen LogP) is 13.8. The molecule has 0 aliphatic heterocycles.